The molecule has 2 atom stereocenters. The predicted molar refractivity (Wildman–Crippen MR) is 124 cm³/mol. The maximum Gasteiger partial charge on any atom is 0.314 e. The molecular weight excluding hydrogens is 420 g/mol. The Labute approximate surface area is 192 Å². The van der Waals surface area contributed by atoms with Gasteiger partial charge in [-0.2, -0.15) is 5.10 Å². The fourth-order valence-corrected chi connectivity index (χ4v) is 4.14. The van der Waals surface area contributed by atoms with Crippen LogP contribution in [0.15, 0.2) is 48.9 Å². The molecule has 0 unspecified atom stereocenters. The molecule has 3 aromatic rings. The van der Waals surface area contributed by atoms with Gasteiger partial charge in [-0.15, -0.1) is 0 Å². The first kappa shape index (κ1) is 22.4. The monoisotopic (exact) mass is 448 g/mol. The van der Waals surface area contributed by atoms with E-state index in [2.05, 4.69) is 20.5 Å². The molecule has 172 valence electrons. The summed E-state index contributed by atoms with van der Waals surface area (Å²) < 4.78 is 0. The number of nitrogens with zero attached hydrogens (tertiary/aromatic N) is 4. The fourth-order valence-electron chi connectivity index (χ4n) is 4.14. The number of benzene rings is 1. The van der Waals surface area contributed by atoms with Crippen LogP contribution in [-0.2, 0) is 14.4 Å². The number of aromatic nitrogens is 3. The third-order valence-electron chi connectivity index (χ3n) is 5.88. The summed E-state index contributed by atoms with van der Waals surface area (Å²) in [6, 6.07) is 8.82. The highest BCUT2D eigenvalue weighted by Gasteiger charge is 2.41. The molecule has 1 fully saturated rings. The Morgan fingerprint density at radius 1 is 1.03 bits per heavy atom. The predicted octanol–water partition coefficient (Wildman–Crippen LogP) is 2.74. The summed E-state index contributed by atoms with van der Waals surface area (Å²) in [5, 5.41) is 10.2. The Balaban J connectivity index is 1.61. The van der Waals surface area contributed by atoms with Gasteiger partial charge in [0.15, 0.2) is 0 Å². The van der Waals surface area contributed by atoms with Crippen LogP contribution in [0.5, 0.6) is 0 Å². The Hall–Kier alpha value is -3.75. The second kappa shape index (κ2) is 8.65. The van der Waals surface area contributed by atoms with Crippen molar-refractivity contribution in [2.45, 2.75) is 39.8 Å². The van der Waals surface area contributed by atoms with Crippen molar-refractivity contribution in [3.8, 4) is 0 Å². The van der Waals surface area contributed by atoms with Crippen LogP contribution in [0, 0.1) is 5.41 Å². The van der Waals surface area contributed by atoms with E-state index in [4.69, 9.17) is 0 Å². The maximum absolute atomic E-state index is 13.3. The normalized spacial score (nSPS) is 18.9. The zero-order chi connectivity index (χ0) is 23.8. The lowest BCUT2D eigenvalue weighted by Gasteiger charge is -2.46. The first-order valence-corrected chi connectivity index (χ1v) is 10.9. The van der Waals surface area contributed by atoms with Gasteiger partial charge in [0.1, 0.15) is 0 Å². The molecular formula is C24H28N6O3. The van der Waals surface area contributed by atoms with Crippen LogP contribution in [0.1, 0.15) is 39.3 Å². The number of amides is 3. The summed E-state index contributed by atoms with van der Waals surface area (Å²) in [7, 11) is 0. The standard InChI is InChI=1S/C24H28N6O3/c1-15-13-30(22(32)21(31)27-18-12-25-10-17-11-26-28-20(17)18)19(16-8-6-5-7-9-16)14-29(15)23(33)24(2,3)4/h5-12,15,19H,13-14H2,1-4H3,(H,26,28)(H,27,31)/t15-,19-/m1/s1. The molecule has 9 heteroatoms. The fraction of sp³-hybridized carbons (Fsp3) is 0.375. The highest BCUT2D eigenvalue weighted by Crippen LogP contribution is 2.31. The molecule has 0 radical (unpaired) electrons. The number of carbonyl (C=O) groups excluding carboxylic acids is 3. The van der Waals surface area contributed by atoms with Gasteiger partial charge in [0, 0.05) is 36.1 Å². The molecule has 0 saturated carbocycles. The first-order chi connectivity index (χ1) is 15.7. The minimum atomic E-state index is -0.761. The van der Waals surface area contributed by atoms with Crippen molar-refractivity contribution in [1.82, 2.24) is 25.0 Å². The largest absolute Gasteiger partial charge is 0.335 e. The van der Waals surface area contributed by atoms with Crippen molar-refractivity contribution < 1.29 is 14.4 Å². The van der Waals surface area contributed by atoms with Crippen LogP contribution in [-0.4, -0.2) is 61.8 Å². The minimum absolute atomic E-state index is 0.0180. The number of nitrogens with one attached hydrogen (secondary N) is 2. The third-order valence-corrected chi connectivity index (χ3v) is 5.88. The molecule has 4 rings (SSSR count). The number of hydrogen-bond acceptors (Lipinski definition) is 5. The molecule has 2 N–H and O–H groups in total. The Morgan fingerprint density at radius 2 is 1.76 bits per heavy atom. The molecule has 0 aliphatic carbocycles. The van der Waals surface area contributed by atoms with Gasteiger partial charge in [-0.05, 0) is 12.5 Å². The van der Waals surface area contributed by atoms with E-state index in [1.807, 2.05) is 62.9 Å². The summed E-state index contributed by atoms with van der Waals surface area (Å²) in [5.74, 6) is -1.40. The summed E-state index contributed by atoms with van der Waals surface area (Å²) in [6.45, 7) is 8.12. The van der Waals surface area contributed by atoms with Gasteiger partial charge in [-0.3, -0.25) is 24.5 Å². The molecule has 1 aliphatic rings. The minimum Gasteiger partial charge on any atom is -0.335 e. The highest BCUT2D eigenvalue weighted by molar-refractivity contribution is 6.40. The molecule has 9 nitrogen and oxygen atoms in total. The molecule has 1 aliphatic heterocycles. The van der Waals surface area contributed by atoms with Crippen molar-refractivity contribution in [3.05, 3.63) is 54.5 Å². The van der Waals surface area contributed by atoms with E-state index >= 15 is 0 Å². The number of anilines is 1. The lowest BCUT2D eigenvalue weighted by molar-refractivity contribution is -0.154. The van der Waals surface area contributed by atoms with Gasteiger partial charge in [-0.1, -0.05) is 51.1 Å². The van der Waals surface area contributed by atoms with Crippen molar-refractivity contribution in [2.75, 3.05) is 18.4 Å². The highest BCUT2D eigenvalue weighted by atomic mass is 16.2. The third kappa shape index (κ3) is 4.44. The summed E-state index contributed by atoms with van der Waals surface area (Å²) in [4.78, 5) is 46.9. The Kier molecular flexibility index (Phi) is 5.88. The second-order valence-electron chi connectivity index (χ2n) is 9.42. The van der Waals surface area contributed by atoms with Crippen LogP contribution in [0.3, 0.4) is 0 Å². The van der Waals surface area contributed by atoms with Gasteiger partial charge in [0.25, 0.3) is 0 Å². The van der Waals surface area contributed by atoms with E-state index in [1.165, 1.54) is 6.20 Å². The van der Waals surface area contributed by atoms with E-state index in [9.17, 15) is 14.4 Å². The Morgan fingerprint density at radius 3 is 2.45 bits per heavy atom. The number of carbonyl (C=O) groups is 3. The number of rotatable bonds is 2. The van der Waals surface area contributed by atoms with Gasteiger partial charge in [-0.25, -0.2) is 0 Å². The topological polar surface area (TPSA) is 111 Å². The molecule has 0 spiro atoms. The van der Waals surface area contributed by atoms with Crippen molar-refractivity contribution in [3.63, 3.8) is 0 Å². The number of pyridine rings is 1. The van der Waals surface area contributed by atoms with E-state index in [0.717, 1.165) is 10.9 Å². The summed E-state index contributed by atoms with van der Waals surface area (Å²) in [6.07, 6.45) is 4.69. The zero-order valence-corrected chi connectivity index (χ0v) is 19.2. The second-order valence-corrected chi connectivity index (χ2v) is 9.42. The SMILES string of the molecule is C[C@@H]1CN(C(=O)C(=O)Nc2cncc3cn[nH]c23)[C@@H](c2ccccc2)CN1C(=O)C(C)(C)C. The summed E-state index contributed by atoms with van der Waals surface area (Å²) in [5.41, 5.74) is 1.30. The molecule has 3 heterocycles. The van der Waals surface area contributed by atoms with Gasteiger partial charge >= 0.3 is 11.8 Å². The number of H-pyrrole nitrogens is 1. The van der Waals surface area contributed by atoms with Crippen LogP contribution >= 0.6 is 0 Å². The van der Waals surface area contributed by atoms with Crippen LogP contribution < -0.4 is 5.32 Å². The first-order valence-electron chi connectivity index (χ1n) is 10.9. The average Bonchev–Trinajstić information content (AvgIpc) is 3.28. The zero-order valence-electron chi connectivity index (χ0n) is 19.2. The number of fused-ring (bicyclic) bond motifs is 1. The van der Waals surface area contributed by atoms with Crippen LogP contribution in [0.25, 0.3) is 10.9 Å². The lowest BCUT2D eigenvalue weighted by atomic mass is 9.91. The molecule has 2 aromatic heterocycles. The maximum atomic E-state index is 13.3. The number of hydrogen-bond donors (Lipinski definition) is 2. The molecule has 33 heavy (non-hydrogen) atoms. The number of aromatic amines is 1. The van der Waals surface area contributed by atoms with E-state index < -0.39 is 23.3 Å². The van der Waals surface area contributed by atoms with Crippen LogP contribution in [0.4, 0.5) is 5.69 Å². The summed E-state index contributed by atoms with van der Waals surface area (Å²) >= 11 is 0. The lowest BCUT2D eigenvalue weighted by Crippen LogP contribution is -2.60. The van der Waals surface area contributed by atoms with E-state index in [-0.39, 0.29) is 18.5 Å². The molecule has 1 saturated heterocycles. The Bertz CT molecular complexity index is 1180. The molecule has 1 aromatic carbocycles. The van der Waals surface area contributed by atoms with Gasteiger partial charge in [0.2, 0.25) is 5.91 Å². The van der Waals surface area contributed by atoms with Crippen molar-refractivity contribution in [2.24, 2.45) is 5.41 Å². The average molecular weight is 449 g/mol. The molecule has 0 bridgehead atoms. The quantitative estimate of drug-likeness (QED) is 0.586. The molecule has 3 amide bonds. The van der Waals surface area contributed by atoms with Crippen molar-refractivity contribution in [1.29, 1.82) is 0 Å². The van der Waals surface area contributed by atoms with Gasteiger partial charge in [0.05, 0.1) is 29.6 Å². The smallest absolute Gasteiger partial charge is 0.314 e. The van der Waals surface area contributed by atoms with E-state index in [0.29, 0.717) is 17.7 Å². The van der Waals surface area contributed by atoms with E-state index in [1.54, 1.807) is 17.3 Å². The van der Waals surface area contributed by atoms with Crippen LogP contribution in [0.2, 0.25) is 0 Å². The van der Waals surface area contributed by atoms with Gasteiger partial charge < -0.3 is 15.1 Å². The van der Waals surface area contributed by atoms with Crippen molar-refractivity contribution >= 4 is 34.3 Å². The number of piperazine rings is 1.